The topological polar surface area (TPSA) is 59.7 Å². The number of rotatable bonds is 2. The molecule has 13 heavy (non-hydrogen) atoms. The quantitative estimate of drug-likeness (QED) is 0.582. The van der Waals surface area contributed by atoms with E-state index in [0.29, 0.717) is 5.76 Å². The van der Waals surface area contributed by atoms with Crippen molar-refractivity contribution in [3.8, 4) is 5.75 Å². The second-order valence-electron chi connectivity index (χ2n) is 2.38. The maximum absolute atomic E-state index is 10.4. The zero-order valence-electron chi connectivity index (χ0n) is 6.94. The maximum atomic E-state index is 10.4. The Morgan fingerprint density at radius 1 is 1.77 bits per heavy atom. The molecule has 0 amide bonds. The van der Waals surface area contributed by atoms with Crippen molar-refractivity contribution in [2.24, 2.45) is 0 Å². The molecule has 0 aliphatic heterocycles. The zero-order chi connectivity index (χ0) is 9.84. The Hall–Kier alpha value is -1.36. The van der Waals surface area contributed by atoms with Crippen molar-refractivity contribution in [1.82, 2.24) is 0 Å². The lowest BCUT2D eigenvalue weighted by molar-refractivity contribution is -0.142. The summed E-state index contributed by atoms with van der Waals surface area (Å²) in [5.74, 6) is -0.0891. The Morgan fingerprint density at radius 3 is 3.00 bits per heavy atom. The first-order chi connectivity index (χ1) is 6.09. The summed E-state index contributed by atoms with van der Waals surface area (Å²) < 4.78 is 9.83. The molecule has 0 unspecified atom stereocenters. The summed E-state index contributed by atoms with van der Waals surface area (Å²) in [6.45, 7) is 1.33. The van der Waals surface area contributed by atoms with E-state index in [-0.39, 0.29) is 16.9 Å². The minimum Gasteiger partial charge on any atom is -0.504 e. The summed E-state index contributed by atoms with van der Waals surface area (Å²) in [6, 6.07) is 1.44. The van der Waals surface area contributed by atoms with Crippen molar-refractivity contribution >= 4 is 18.2 Å². The number of carbonyl (C=O) groups is 1. The van der Waals surface area contributed by atoms with E-state index in [1.807, 2.05) is 0 Å². The fourth-order valence-corrected chi connectivity index (χ4v) is 0.872. The van der Waals surface area contributed by atoms with Gasteiger partial charge in [-0.3, -0.25) is 4.79 Å². The number of hydrogen-bond acceptors (Lipinski definition) is 5. The lowest BCUT2D eigenvalue weighted by atomic mass is 10.4. The van der Waals surface area contributed by atoms with Crippen molar-refractivity contribution in [3.63, 3.8) is 0 Å². The van der Waals surface area contributed by atoms with Gasteiger partial charge in [0.25, 0.3) is 0 Å². The van der Waals surface area contributed by atoms with Crippen LogP contribution < -0.4 is 0 Å². The molecule has 0 bridgehead atoms. The van der Waals surface area contributed by atoms with Crippen LogP contribution in [0.4, 0.5) is 0 Å². The standard InChI is InChI=1S/C8H8O4S/c1-5(9)11-3-6-2-8(13)7(10)4-12-6/h2,4,10H,3H2,1H3. The second-order valence-corrected chi connectivity index (χ2v) is 2.82. The molecular weight excluding hydrogens is 192 g/mol. The van der Waals surface area contributed by atoms with Gasteiger partial charge in [0.1, 0.15) is 18.6 Å². The highest BCUT2D eigenvalue weighted by molar-refractivity contribution is 7.71. The third kappa shape index (κ3) is 2.87. The van der Waals surface area contributed by atoms with Gasteiger partial charge in [-0.2, -0.15) is 0 Å². The van der Waals surface area contributed by atoms with E-state index in [9.17, 15) is 4.79 Å². The third-order valence-corrected chi connectivity index (χ3v) is 1.61. The van der Waals surface area contributed by atoms with E-state index in [2.05, 4.69) is 4.74 Å². The van der Waals surface area contributed by atoms with Crippen LogP contribution in [-0.4, -0.2) is 11.1 Å². The maximum Gasteiger partial charge on any atom is 0.303 e. The molecule has 0 atom stereocenters. The highest BCUT2D eigenvalue weighted by Gasteiger charge is 2.00. The first-order valence-corrected chi connectivity index (χ1v) is 3.94. The normalized spacial score (nSPS) is 9.62. The van der Waals surface area contributed by atoms with Crippen LogP contribution in [-0.2, 0) is 16.1 Å². The third-order valence-electron chi connectivity index (χ3n) is 1.28. The van der Waals surface area contributed by atoms with Crippen LogP contribution in [0.3, 0.4) is 0 Å². The molecule has 4 nitrogen and oxygen atoms in total. The van der Waals surface area contributed by atoms with Crippen LogP contribution in [0.5, 0.6) is 5.75 Å². The average Bonchev–Trinajstić information content (AvgIpc) is 2.07. The molecule has 0 aliphatic carbocycles. The molecule has 0 aromatic carbocycles. The van der Waals surface area contributed by atoms with Crippen LogP contribution in [0, 0.1) is 4.51 Å². The second kappa shape index (κ2) is 4.04. The molecule has 1 rings (SSSR count). The molecule has 1 aromatic rings. The number of aromatic hydroxyl groups is 1. The smallest absolute Gasteiger partial charge is 0.303 e. The number of carbonyl (C=O) groups excluding carboxylic acids is 1. The van der Waals surface area contributed by atoms with Crippen molar-refractivity contribution in [1.29, 1.82) is 0 Å². The van der Waals surface area contributed by atoms with Gasteiger partial charge in [0.15, 0.2) is 5.75 Å². The van der Waals surface area contributed by atoms with Crippen LogP contribution in [0.25, 0.3) is 0 Å². The molecule has 0 aliphatic rings. The summed E-state index contributed by atoms with van der Waals surface area (Å²) >= 11 is 4.77. The monoisotopic (exact) mass is 200 g/mol. The number of hydrogen-bond donors (Lipinski definition) is 1. The predicted molar refractivity (Wildman–Crippen MR) is 46.7 cm³/mol. The van der Waals surface area contributed by atoms with E-state index >= 15 is 0 Å². The van der Waals surface area contributed by atoms with Crippen LogP contribution >= 0.6 is 12.2 Å². The van der Waals surface area contributed by atoms with Crippen molar-refractivity contribution in [2.75, 3.05) is 0 Å². The van der Waals surface area contributed by atoms with Gasteiger partial charge < -0.3 is 14.3 Å². The highest BCUT2D eigenvalue weighted by Crippen LogP contribution is 2.13. The first-order valence-electron chi connectivity index (χ1n) is 3.53. The van der Waals surface area contributed by atoms with Crippen molar-refractivity contribution < 1.29 is 19.1 Å². The Kier molecular flexibility index (Phi) is 3.02. The number of esters is 1. The highest BCUT2D eigenvalue weighted by atomic mass is 32.1. The molecular formula is C8H8O4S. The van der Waals surface area contributed by atoms with Gasteiger partial charge in [-0.15, -0.1) is 0 Å². The van der Waals surface area contributed by atoms with Crippen molar-refractivity contribution in [2.45, 2.75) is 13.5 Å². The lowest BCUT2D eigenvalue weighted by Gasteiger charge is -2.00. The van der Waals surface area contributed by atoms with Crippen LogP contribution in [0.15, 0.2) is 16.7 Å². The minimum atomic E-state index is -0.394. The summed E-state index contributed by atoms with van der Waals surface area (Å²) in [4.78, 5) is 10.4. The molecule has 0 radical (unpaired) electrons. The Bertz CT molecular complexity index is 369. The summed E-state index contributed by atoms with van der Waals surface area (Å²) in [6.07, 6.45) is 1.11. The lowest BCUT2D eigenvalue weighted by Crippen LogP contribution is -1.98. The average molecular weight is 200 g/mol. The van der Waals surface area contributed by atoms with E-state index in [1.54, 1.807) is 0 Å². The van der Waals surface area contributed by atoms with E-state index < -0.39 is 5.97 Å². The van der Waals surface area contributed by atoms with Gasteiger partial charge in [0.05, 0.1) is 4.51 Å². The summed E-state index contributed by atoms with van der Waals surface area (Å²) in [7, 11) is 0. The fourth-order valence-electron chi connectivity index (χ4n) is 0.692. The van der Waals surface area contributed by atoms with Gasteiger partial charge >= 0.3 is 5.97 Å². The molecule has 0 saturated heterocycles. The Balaban J connectivity index is 2.74. The zero-order valence-corrected chi connectivity index (χ0v) is 7.76. The van der Waals surface area contributed by atoms with Crippen LogP contribution in [0.2, 0.25) is 0 Å². The van der Waals surface area contributed by atoms with Gasteiger partial charge in [0, 0.05) is 13.0 Å². The van der Waals surface area contributed by atoms with Crippen molar-refractivity contribution in [3.05, 3.63) is 22.6 Å². The molecule has 1 aromatic heterocycles. The molecule has 0 spiro atoms. The molecule has 70 valence electrons. The summed E-state index contributed by atoms with van der Waals surface area (Å²) in [5.41, 5.74) is 0. The largest absolute Gasteiger partial charge is 0.504 e. The van der Waals surface area contributed by atoms with E-state index in [0.717, 1.165) is 6.26 Å². The molecule has 1 heterocycles. The SMILES string of the molecule is CC(=O)OCc1cc(=S)c(O)co1. The first kappa shape index (κ1) is 9.73. The molecule has 5 heteroatoms. The van der Waals surface area contributed by atoms with Gasteiger partial charge in [-0.1, -0.05) is 12.2 Å². The van der Waals surface area contributed by atoms with E-state index in [1.165, 1.54) is 13.0 Å². The van der Waals surface area contributed by atoms with Gasteiger partial charge in [0.2, 0.25) is 0 Å². The molecule has 0 fully saturated rings. The van der Waals surface area contributed by atoms with Gasteiger partial charge in [-0.05, 0) is 0 Å². The predicted octanol–water partition coefficient (Wildman–Crippen LogP) is 1.78. The minimum absolute atomic E-state index is 0.0270. The Labute approximate surface area is 79.8 Å². The van der Waals surface area contributed by atoms with E-state index in [4.69, 9.17) is 21.7 Å². The molecule has 0 saturated carbocycles. The Morgan fingerprint density at radius 2 is 2.46 bits per heavy atom. The summed E-state index contributed by atoms with van der Waals surface area (Å²) in [5, 5.41) is 9.02. The van der Waals surface area contributed by atoms with Crippen LogP contribution in [0.1, 0.15) is 12.7 Å². The molecule has 1 N–H and O–H groups in total. The number of ether oxygens (including phenoxy) is 1. The fraction of sp³-hybridized carbons (Fsp3) is 0.250. The van der Waals surface area contributed by atoms with Gasteiger partial charge in [-0.25, -0.2) is 0 Å².